The number of aromatic hydroxyl groups is 1. The van der Waals surface area contributed by atoms with Crippen molar-refractivity contribution in [3.63, 3.8) is 0 Å². The second-order valence-electron chi connectivity index (χ2n) is 5.02. The van der Waals surface area contributed by atoms with Crippen LogP contribution in [0.1, 0.15) is 38.2 Å². The van der Waals surface area contributed by atoms with Crippen LogP contribution in [-0.2, 0) is 5.54 Å². The second kappa shape index (κ2) is 3.88. The van der Waals surface area contributed by atoms with Crippen molar-refractivity contribution in [2.75, 3.05) is 0 Å². The van der Waals surface area contributed by atoms with Gasteiger partial charge in [0.15, 0.2) is 0 Å². The molecule has 1 aliphatic carbocycles. The van der Waals surface area contributed by atoms with E-state index < -0.39 is 34.8 Å². The van der Waals surface area contributed by atoms with E-state index in [0.29, 0.717) is 0 Å². The molecular formula is C11H13F3N2O3. The third-order valence-electron chi connectivity index (χ3n) is 3.38. The van der Waals surface area contributed by atoms with Gasteiger partial charge in [0, 0.05) is 0 Å². The van der Waals surface area contributed by atoms with Gasteiger partial charge in [-0.05, 0) is 18.8 Å². The summed E-state index contributed by atoms with van der Waals surface area (Å²) in [5.74, 6) is -1.39. The Labute approximate surface area is 105 Å². The maximum atomic E-state index is 13.0. The lowest BCUT2D eigenvalue weighted by atomic mass is 10.1. The molecular weight excluding hydrogens is 265 g/mol. The number of rotatable bonds is 2. The van der Waals surface area contributed by atoms with Gasteiger partial charge in [0.05, 0.1) is 5.56 Å². The van der Waals surface area contributed by atoms with Gasteiger partial charge in [0.1, 0.15) is 5.54 Å². The Balaban J connectivity index is 2.77. The molecule has 0 amide bonds. The maximum absolute atomic E-state index is 13.0. The van der Waals surface area contributed by atoms with Gasteiger partial charge in [0.25, 0.3) is 5.56 Å². The molecule has 0 spiro atoms. The van der Waals surface area contributed by atoms with Gasteiger partial charge < -0.3 is 5.11 Å². The van der Waals surface area contributed by atoms with Crippen LogP contribution in [0.25, 0.3) is 0 Å². The van der Waals surface area contributed by atoms with Crippen molar-refractivity contribution in [2.45, 2.75) is 44.3 Å². The van der Waals surface area contributed by atoms with Crippen LogP contribution in [0.15, 0.2) is 9.59 Å². The molecule has 0 unspecified atom stereocenters. The summed E-state index contributed by atoms with van der Waals surface area (Å²) in [4.78, 5) is 25.0. The first-order chi connectivity index (χ1) is 8.62. The molecule has 2 N–H and O–H groups in total. The van der Waals surface area contributed by atoms with Crippen molar-refractivity contribution in [1.82, 2.24) is 9.55 Å². The van der Waals surface area contributed by atoms with Crippen LogP contribution >= 0.6 is 0 Å². The number of aromatic amines is 1. The van der Waals surface area contributed by atoms with Crippen LogP contribution in [0.5, 0.6) is 5.88 Å². The minimum atomic E-state index is -4.65. The number of alkyl halides is 3. The topological polar surface area (TPSA) is 75.1 Å². The summed E-state index contributed by atoms with van der Waals surface area (Å²) >= 11 is 0. The van der Waals surface area contributed by atoms with E-state index in [4.69, 9.17) is 0 Å². The standard InChI is InChI=1S/C11H13F3N2O3/c1-5(2)6-7(17)15-9(19)16(8(6)18)10(3-4-10)11(12,13)14/h5,18H,3-4H2,1-2H3,(H,15,17,19). The van der Waals surface area contributed by atoms with Gasteiger partial charge in [-0.3, -0.25) is 9.78 Å². The molecule has 0 radical (unpaired) electrons. The maximum Gasteiger partial charge on any atom is 0.412 e. The summed E-state index contributed by atoms with van der Waals surface area (Å²) in [6.07, 6.45) is -5.22. The molecule has 8 heteroatoms. The van der Waals surface area contributed by atoms with Crippen molar-refractivity contribution >= 4 is 0 Å². The Bertz CT molecular complexity index is 624. The van der Waals surface area contributed by atoms with Gasteiger partial charge in [0.2, 0.25) is 5.88 Å². The van der Waals surface area contributed by atoms with Crippen LogP contribution in [0.4, 0.5) is 13.2 Å². The summed E-state index contributed by atoms with van der Waals surface area (Å²) in [6, 6.07) is 0. The number of hydrogen-bond donors (Lipinski definition) is 2. The molecule has 1 aliphatic rings. The highest BCUT2D eigenvalue weighted by Crippen LogP contribution is 2.56. The third-order valence-corrected chi connectivity index (χ3v) is 3.38. The second-order valence-corrected chi connectivity index (χ2v) is 5.02. The van der Waals surface area contributed by atoms with Crippen LogP contribution in [0.3, 0.4) is 0 Å². The van der Waals surface area contributed by atoms with Crippen molar-refractivity contribution in [2.24, 2.45) is 0 Å². The molecule has 1 aromatic heterocycles. The summed E-state index contributed by atoms with van der Waals surface area (Å²) < 4.78 is 39.3. The highest BCUT2D eigenvalue weighted by Gasteiger charge is 2.66. The van der Waals surface area contributed by atoms with Crippen molar-refractivity contribution in [3.8, 4) is 5.88 Å². The predicted molar refractivity (Wildman–Crippen MR) is 60.3 cm³/mol. The number of nitrogens with zero attached hydrogens (tertiary/aromatic N) is 1. The number of H-pyrrole nitrogens is 1. The number of nitrogens with one attached hydrogen (secondary N) is 1. The van der Waals surface area contributed by atoms with E-state index in [1.165, 1.54) is 0 Å². The lowest BCUT2D eigenvalue weighted by Gasteiger charge is -2.24. The van der Waals surface area contributed by atoms with E-state index in [2.05, 4.69) is 0 Å². The van der Waals surface area contributed by atoms with Crippen molar-refractivity contribution < 1.29 is 18.3 Å². The third kappa shape index (κ3) is 1.85. The van der Waals surface area contributed by atoms with Gasteiger partial charge in [-0.25, -0.2) is 9.36 Å². The molecule has 5 nitrogen and oxygen atoms in total. The molecule has 106 valence electrons. The van der Waals surface area contributed by atoms with E-state index in [1.54, 1.807) is 13.8 Å². The minimum absolute atomic E-state index is 0.213. The zero-order valence-electron chi connectivity index (χ0n) is 10.3. The molecule has 2 rings (SSSR count). The van der Waals surface area contributed by atoms with Crippen molar-refractivity contribution in [3.05, 3.63) is 26.4 Å². The first-order valence-electron chi connectivity index (χ1n) is 5.77. The predicted octanol–water partition coefficient (Wildman–Crippen LogP) is 1.42. The van der Waals surface area contributed by atoms with E-state index in [1.807, 2.05) is 4.98 Å². The molecule has 1 heterocycles. The Morgan fingerprint density at radius 1 is 1.32 bits per heavy atom. The van der Waals surface area contributed by atoms with Gasteiger partial charge >= 0.3 is 11.9 Å². The zero-order valence-corrected chi connectivity index (χ0v) is 10.3. The SMILES string of the molecule is CC(C)c1c(O)n(C2(C(F)(F)F)CC2)c(=O)[nH]c1=O. The fourth-order valence-electron chi connectivity index (χ4n) is 2.21. The van der Waals surface area contributed by atoms with Crippen molar-refractivity contribution in [1.29, 1.82) is 0 Å². The Hall–Kier alpha value is -1.73. The van der Waals surface area contributed by atoms with Crippen LogP contribution in [0, 0.1) is 0 Å². The summed E-state index contributed by atoms with van der Waals surface area (Å²) in [5.41, 5.74) is -4.69. The molecule has 1 aromatic rings. The van der Waals surface area contributed by atoms with E-state index in [0.717, 1.165) is 0 Å². The average molecular weight is 278 g/mol. The summed E-state index contributed by atoms with van der Waals surface area (Å²) in [6.45, 7) is 3.10. The monoisotopic (exact) mass is 278 g/mol. The summed E-state index contributed by atoms with van der Waals surface area (Å²) in [5, 5.41) is 9.90. The fourth-order valence-corrected chi connectivity index (χ4v) is 2.21. The van der Waals surface area contributed by atoms with Gasteiger partial charge in [-0.15, -0.1) is 0 Å². The smallest absolute Gasteiger partial charge is 0.412 e. The fraction of sp³-hybridized carbons (Fsp3) is 0.636. The Kier molecular flexibility index (Phi) is 2.80. The largest absolute Gasteiger partial charge is 0.494 e. The Morgan fingerprint density at radius 2 is 1.84 bits per heavy atom. The molecule has 1 saturated carbocycles. The zero-order chi connectivity index (χ0) is 14.6. The molecule has 0 atom stereocenters. The molecule has 19 heavy (non-hydrogen) atoms. The number of aromatic nitrogens is 2. The normalized spacial score (nSPS) is 17.8. The molecule has 1 fully saturated rings. The van der Waals surface area contributed by atoms with Crippen LogP contribution < -0.4 is 11.2 Å². The first-order valence-corrected chi connectivity index (χ1v) is 5.77. The van der Waals surface area contributed by atoms with E-state index in [9.17, 15) is 27.9 Å². The minimum Gasteiger partial charge on any atom is -0.494 e. The quantitative estimate of drug-likeness (QED) is 0.859. The highest BCUT2D eigenvalue weighted by atomic mass is 19.4. The van der Waals surface area contributed by atoms with E-state index >= 15 is 0 Å². The average Bonchev–Trinajstić information content (AvgIpc) is 2.95. The molecule has 0 aromatic carbocycles. The highest BCUT2D eigenvalue weighted by molar-refractivity contribution is 5.29. The lowest BCUT2D eigenvalue weighted by Crippen LogP contribution is -2.45. The molecule has 0 bridgehead atoms. The van der Waals surface area contributed by atoms with Gasteiger partial charge in [-0.1, -0.05) is 13.8 Å². The van der Waals surface area contributed by atoms with Crippen LogP contribution in [0.2, 0.25) is 0 Å². The number of hydrogen-bond acceptors (Lipinski definition) is 3. The molecule has 0 saturated heterocycles. The van der Waals surface area contributed by atoms with E-state index in [-0.39, 0.29) is 23.0 Å². The Morgan fingerprint density at radius 3 is 2.21 bits per heavy atom. The van der Waals surface area contributed by atoms with Gasteiger partial charge in [-0.2, -0.15) is 13.2 Å². The van der Waals surface area contributed by atoms with Crippen LogP contribution in [-0.4, -0.2) is 20.8 Å². The molecule has 0 aliphatic heterocycles. The number of halogens is 3. The summed E-state index contributed by atoms with van der Waals surface area (Å²) in [7, 11) is 0. The lowest BCUT2D eigenvalue weighted by molar-refractivity contribution is -0.182. The first kappa shape index (κ1) is 13.7.